The van der Waals surface area contributed by atoms with Crippen LogP contribution in [0.3, 0.4) is 0 Å². The fourth-order valence-corrected chi connectivity index (χ4v) is 0.707. The number of hydrogen-bond acceptors (Lipinski definition) is 6. The molecule has 0 heterocycles. The van der Waals surface area contributed by atoms with Gasteiger partial charge in [0.25, 0.3) is 0 Å². The number of nitrogens with one attached hydrogen (secondary N) is 1. The van der Waals surface area contributed by atoms with Crippen molar-refractivity contribution in [2.75, 3.05) is 6.61 Å². The van der Waals surface area contributed by atoms with Crippen LogP contribution in [0.5, 0.6) is 0 Å². The van der Waals surface area contributed by atoms with Crippen LogP contribution in [0.25, 0.3) is 5.53 Å². The molecule has 0 fully saturated rings. The lowest BCUT2D eigenvalue weighted by Gasteiger charge is -2.14. The van der Waals surface area contributed by atoms with Gasteiger partial charge in [-0.25, -0.2) is 9.59 Å². The largest absolute Gasteiger partial charge is 0.480 e. The highest BCUT2D eigenvalue weighted by molar-refractivity contribution is 6.20. The molecular formula is C8H12N4O6. The fourth-order valence-electron chi connectivity index (χ4n) is 0.707. The molecule has 0 rings (SSSR count). The van der Waals surface area contributed by atoms with E-state index in [2.05, 4.69) is 19.9 Å². The van der Waals surface area contributed by atoms with Crippen LogP contribution in [0.1, 0.15) is 6.92 Å². The number of amides is 1. The molecule has 0 spiro atoms. The Balaban J connectivity index is 4.21. The number of carboxylic acids is 1. The van der Waals surface area contributed by atoms with E-state index < -0.39 is 36.5 Å². The van der Waals surface area contributed by atoms with E-state index in [9.17, 15) is 14.4 Å². The molecule has 0 radical (unpaired) electrons. The second kappa shape index (κ2) is 7.90. The van der Waals surface area contributed by atoms with Gasteiger partial charge >= 0.3 is 18.2 Å². The molecule has 100 valence electrons. The third-order valence-corrected chi connectivity index (χ3v) is 1.57. The molecule has 0 aromatic carbocycles. The predicted octanol–water partition coefficient (Wildman–Crippen LogP) is -2.32. The van der Waals surface area contributed by atoms with E-state index in [1.165, 1.54) is 6.92 Å². The molecule has 0 aromatic rings. The minimum absolute atomic E-state index is 0.399. The second-order valence-electron chi connectivity index (χ2n) is 3.12. The molecule has 4 N–H and O–H groups in total. The zero-order chi connectivity index (χ0) is 14.1. The topological polar surface area (TPSA) is 164 Å². The van der Waals surface area contributed by atoms with Crippen LogP contribution in [0.15, 0.2) is 0 Å². The van der Waals surface area contributed by atoms with Crippen molar-refractivity contribution in [3.63, 3.8) is 0 Å². The summed E-state index contributed by atoms with van der Waals surface area (Å²) in [5, 5.41) is 10.8. The summed E-state index contributed by atoms with van der Waals surface area (Å²) >= 11 is 0. The van der Waals surface area contributed by atoms with Gasteiger partial charge in [-0.05, 0) is 6.92 Å². The number of carbonyl (C=O) groups excluding carboxylic acids is 2. The third kappa shape index (κ3) is 6.33. The molecule has 0 aliphatic heterocycles. The van der Waals surface area contributed by atoms with Crippen molar-refractivity contribution >= 4 is 24.1 Å². The zero-order valence-corrected chi connectivity index (χ0v) is 9.40. The van der Waals surface area contributed by atoms with E-state index in [1.807, 2.05) is 0 Å². The molecule has 0 bridgehead atoms. The van der Waals surface area contributed by atoms with Gasteiger partial charge in [0.15, 0.2) is 6.04 Å². The van der Waals surface area contributed by atoms with Gasteiger partial charge in [-0.15, -0.1) is 0 Å². The standard InChI is InChI=1S/C8H12N4O6/c1-4(9)7(14)12-5(8(15)16)3-17-18-6(13)2-11-10/h2,4-5H,3,9H2,1H3,(H,12,14)(H,15,16)/t4-,5-/m0/s1. The summed E-state index contributed by atoms with van der Waals surface area (Å²) in [5.74, 6) is -3.23. The first-order chi connectivity index (χ1) is 8.38. The lowest BCUT2D eigenvalue weighted by Crippen LogP contribution is -2.49. The molecule has 10 nitrogen and oxygen atoms in total. The molecule has 0 unspecified atom stereocenters. The van der Waals surface area contributed by atoms with Crippen LogP contribution < -0.4 is 11.1 Å². The molecule has 0 aromatic heterocycles. The molecule has 1 amide bonds. The van der Waals surface area contributed by atoms with Crippen LogP contribution in [-0.4, -0.2) is 52.6 Å². The first-order valence-corrected chi connectivity index (χ1v) is 4.68. The molecule has 0 saturated heterocycles. The van der Waals surface area contributed by atoms with E-state index in [4.69, 9.17) is 16.4 Å². The van der Waals surface area contributed by atoms with E-state index in [0.29, 0.717) is 6.21 Å². The maximum atomic E-state index is 11.1. The summed E-state index contributed by atoms with van der Waals surface area (Å²) in [4.78, 5) is 43.1. The number of nitrogens with two attached hydrogens (primary N) is 1. The molecule has 10 heteroatoms. The van der Waals surface area contributed by atoms with Gasteiger partial charge in [0, 0.05) is 0 Å². The Kier molecular flexibility index (Phi) is 6.89. The average molecular weight is 260 g/mol. The summed E-state index contributed by atoms with van der Waals surface area (Å²) in [6.07, 6.45) is 0.399. The van der Waals surface area contributed by atoms with Gasteiger partial charge in [-0.1, -0.05) is 0 Å². The highest BCUT2D eigenvalue weighted by Gasteiger charge is 2.23. The molecule has 0 aliphatic rings. The van der Waals surface area contributed by atoms with E-state index >= 15 is 0 Å². The van der Waals surface area contributed by atoms with Crippen molar-refractivity contribution in [2.24, 2.45) is 5.73 Å². The molecule has 18 heavy (non-hydrogen) atoms. The number of hydrogen-bond donors (Lipinski definition) is 3. The Morgan fingerprint density at radius 2 is 2.17 bits per heavy atom. The summed E-state index contributed by atoms with van der Waals surface area (Å²) in [6.45, 7) is 0.742. The van der Waals surface area contributed by atoms with Gasteiger partial charge in [0.1, 0.15) is 6.61 Å². The maximum absolute atomic E-state index is 11.1. The minimum Gasteiger partial charge on any atom is -0.480 e. The van der Waals surface area contributed by atoms with Gasteiger partial charge < -0.3 is 21.7 Å². The molecule has 2 atom stereocenters. The van der Waals surface area contributed by atoms with Crippen molar-refractivity contribution in [1.82, 2.24) is 5.32 Å². The number of nitrogens with zero attached hydrogens (tertiary/aromatic N) is 2. The summed E-state index contributed by atoms with van der Waals surface area (Å²) in [5.41, 5.74) is 13.2. The number of rotatable bonds is 7. The smallest absolute Gasteiger partial charge is 0.445 e. The third-order valence-electron chi connectivity index (χ3n) is 1.57. The van der Waals surface area contributed by atoms with Crippen molar-refractivity contribution in [3.05, 3.63) is 5.53 Å². The number of carbonyl (C=O) groups is 3. The van der Waals surface area contributed by atoms with Crippen molar-refractivity contribution in [3.8, 4) is 0 Å². The zero-order valence-electron chi connectivity index (χ0n) is 9.40. The summed E-state index contributed by atoms with van der Waals surface area (Å²) in [6, 6.07) is -2.32. The van der Waals surface area contributed by atoms with Crippen LogP contribution >= 0.6 is 0 Å². The first kappa shape index (κ1) is 15.7. The van der Waals surface area contributed by atoms with Crippen LogP contribution in [0.2, 0.25) is 0 Å². The van der Waals surface area contributed by atoms with E-state index in [1.54, 1.807) is 0 Å². The lowest BCUT2D eigenvalue weighted by molar-refractivity contribution is -0.269. The quantitative estimate of drug-likeness (QED) is 0.152. The van der Waals surface area contributed by atoms with Crippen LogP contribution in [0, 0.1) is 0 Å². The average Bonchev–Trinajstić information content (AvgIpc) is 2.27. The maximum Gasteiger partial charge on any atom is 0.445 e. The first-order valence-electron chi connectivity index (χ1n) is 4.68. The van der Waals surface area contributed by atoms with Crippen molar-refractivity contribution in [2.45, 2.75) is 19.0 Å². The van der Waals surface area contributed by atoms with Crippen LogP contribution in [0.4, 0.5) is 0 Å². The molecule has 0 saturated carbocycles. The Bertz CT molecular complexity index is 376. The lowest BCUT2D eigenvalue weighted by atomic mass is 10.2. The molecular weight excluding hydrogens is 248 g/mol. The van der Waals surface area contributed by atoms with E-state index in [0.717, 1.165) is 0 Å². The number of carboxylic acid groups (broad SMARTS) is 1. The van der Waals surface area contributed by atoms with Gasteiger partial charge in [-0.2, -0.15) is 9.68 Å². The number of aliphatic carboxylic acids is 1. The summed E-state index contributed by atoms with van der Waals surface area (Å²) < 4.78 is 0. The second-order valence-corrected chi connectivity index (χ2v) is 3.12. The fraction of sp³-hybridized carbons (Fsp3) is 0.500. The van der Waals surface area contributed by atoms with Gasteiger partial charge in [0.05, 0.1) is 6.04 Å². The Labute approximate surface area is 101 Å². The van der Waals surface area contributed by atoms with Crippen LogP contribution in [-0.2, 0) is 24.2 Å². The normalized spacial score (nSPS) is 12.8. The summed E-state index contributed by atoms with van der Waals surface area (Å²) in [7, 11) is 0. The Hall–Kier alpha value is -2.29. The predicted molar refractivity (Wildman–Crippen MR) is 54.9 cm³/mol. The minimum atomic E-state index is -1.43. The van der Waals surface area contributed by atoms with Gasteiger partial charge in [-0.3, -0.25) is 9.68 Å². The van der Waals surface area contributed by atoms with Crippen molar-refractivity contribution in [1.29, 1.82) is 0 Å². The SMILES string of the molecule is C[C@H](N)C(=O)N[C@@H](COOC(=O)C=[N+]=[N-])C(=O)O. The Morgan fingerprint density at radius 1 is 1.56 bits per heavy atom. The monoisotopic (exact) mass is 260 g/mol. The van der Waals surface area contributed by atoms with Crippen molar-refractivity contribution < 1.29 is 34.1 Å². The highest BCUT2D eigenvalue weighted by atomic mass is 17.2. The highest BCUT2D eigenvalue weighted by Crippen LogP contribution is 1.90. The molecule has 0 aliphatic carbocycles. The van der Waals surface area contributed by atoms with Gasteiger partial charge in [0.2, 0.25) is 5.91 Å². The Morgan fingerprint density at radius 3 is 2.61 bits per heavy atom. The van der Waals surface area contributed by atoms with E-state index in [-0.39, 0.29) is 0 Å².